The van der Waals surface area contributed by atoms with E-state index in [2.05, 4.69) is 5.32 Å². The molecule has 0 atom stereocenters. The summed E-state index contributed by atoms with van der Waals surface area (Å²) in [5.41, 5.74) is 0.151. The number of aromatic carboxylic acids is 1. The van der Waals surface area contributed by atoms with Crippen LogP contribution in [0, 0.1) is 0 Å². The number of carboxylic acids is 1. The summed E-state index contributed by atoms with van der Waals surface area (Å²) in [4.78, 5) is 25.1. The second kappa shape index (κ2) is 6.85. The number of nitrogens with one attached hydrogen (secondary N) is 1. The van der Waals surface area contributed by atoms with Gasteiger partial charge >= 0.3 is 12.0 Å². The number of carboxylic acid groups (broad SMARTS) is 1. The number of hydrogen-bond donors (Lipinski definition) is 2. The topological polar surface area (TPSA) is 69.6 Å². The van der Waals surface area contributed by atoms with Crippen LogP contribution in [0.2, 0.25) is 5.02 Å². The molecular formula is C13H15ClN2O3S. The zero-order valence-corrected chi connectivity index (χ0v) is 12.3. The lowest BCUT2D eigenvalue weighted by Gasteiger charge is -2.21. The second-order valence-electron chi connectivity index (χ2n) is 4.35. The third-order valence-electron chi connectivity index (χ3n) is 2.98. The molecule has 1 heterocycles. The number of carbonyl (C=O) groups excluding carboxylic acids is 1. The normalized spacial score (nSPS) is 15.6. The van der Waals surface area contributed by atoms with Crippen LogP contribution in [-0.4, -0.2) is 46.6 Å². The first-order chi connectivity index (χ1) is 9.59. The van der Waals surface area contributed by atoms with Crippen LogP contribution in [0.3, 0.4) is 0 Å². The van der Waals surface area contributed by atoms with Gasteiger partial charge in [-0.15, -0.1) is 0 Å². The van der Waals surface area contributed by atoms with Gasteiger partial charge in [-0.1, -0.05) is 17.7 Å². The van der Waals surface area contributed by atoms with E-state index >= 15 is 0 Å². The lowest BCUT2D eigenvalue weighted by molar-refractivity contribution is 0.0698. The third-order valence-corrected chi connectivity index (χ3v) is 4.34. The fourth-order valence-corrected chi connectivity index (χ4v) is 3.13. The van der Waals surface area contributed by atoms with Crippen molar-refractivity contribution in [3.8, 4) is 0 Å². The van der Waals surface area contributed by atoms with E-state index in [9.17, 15) is 9.59 Å². The van der Waals surface area contributed by atoms with Crippen LogP contribution in [0.15, 0.2) is 18.2 Å². The van der Waals surface area contributed by atoms with Crippen molar-refractivity contribution in [3.05, 3.63) is 28.8 Å². The maximum Gasteiger partial charge on any atom is 0.339 e. The molecule has 1 aliphatic heterocycles. The number of nitrogens with zero attached hydrogens (tertiary/aromatic N) is 1. The van der Waals surface area contributed by atoms with Gasteiger partial charge in [0.1, 0.15) is 5.56 Å². The highest BCUT2D eigenvalue weighted by Crippen LogP contribution is 2.24. The quantitative estimate of drug-likeness (QED) is 0.880. The standard InChI is InChI=1S/C13H15ClN2O3S/c14-9-3-1-4-10(11(9)12(17)18)15-13(19)16-5-2-7-20-8-6-16/h1,3-4H,2,5-8H2,(H,15,19)(H,17,18). The average Bonchev–Trinajstić information content (AvgIpc) is 2.67. The Hall–Kier alpha value is -1.40. The van der Waals surface area contributed by atoms with Crippen LogP contribution >= 0.6 is 23.4 Å². The van der Waals surface area contributed by atoms with E-state index in [1.807, 2.05) is 11.8 Å². The Morgan fingerprint density at radius 3 is 2.85 bits per heavy atom. The van der Waals surface area contributed by atoms with Crippen LogP contribution in [0.25, 0.3) is 0 Å². The monoisotopic (exact) mass is 314 g/mol. The minimum absolute atomic E-state index is 0.0771. The van der Waals surface area contributed by atoms with Crippen LogP contribution in [0.1, 0.15) is 16.8 Å². The van der Waals surface area contributed by atoms with E-state index in [4.69, 9.17) is 16.7 Å². The Labute approximate surface area is 126 Å². The number of urea groups is 1. The summed E-state index contributed by atoms with van der Waals surface area (Å²) >= 11 is 7.69. The van der Waals surface area contributed by atoms with Gasteiger partial charge in [0.2, 0.25) is 0 Å². The minimum atomic E-state index is -1.16. The highest BCUT2D eigenvalue weighted by molar-refractivity contribution is 7.99. The molecule has 1 fully saturated rings. The van der Waals surface area contributed by atoms with Crippen LogP contribution in [-0.2, 0) is 0 Å². The first kappa shape index (κ1) is 15.0. The summed E-state index contributed by atoms with van der Waals surface area (Å²) in [7, 11) is 0. The molecule has 1 aliphatic rings. The molecule has 2 rings (SSSR count). The van der Waals surface area contributed by atoms with Crippen molar-refractivity contribution < 1.29 is 14.7 Å². The number of rotatable bonds is 2. The lowest BCUT2D eigenvalue weighted by atomic mass is 10.2. The van der Waals surface area contributed by atoms with E-state index in [-0.39, 0.29) is 22.3 Å². The fourth-order valence-electron chi connectivity index (χ4n) is 1.99. The lowest BCUT2D eigenvalue weighted by Crippen LogP contribution is -2.36. The SMILES string of the molecule is O=C(O)c1c(Cl)cccc1NC(=O)N1CCCSCC1. The molecule has 1 aromatic rings. The molecule has 0 unspecified atom stereocenters. The summed E-state index contributed by atoms with van der Waals surface area (Å²) in [5.74, 6) is 0.785. The summed E-state index contributed by atoms with van der Waals surface area (Å²) in [6.45, 7) is 1.35. The van der Waals surface area contributed by atoms with Gasteiger partial charge in [-0.2, -0.15) is 11.8 Å². The zero-order valence-electron chi connectivity index (χ0n) is 10.8. The number of halogens is 1. The van der Waals surface area contributed by atoms with Gasteiger partial charge in [0.25, 0.3) is 0 Å². The van der Waals surface area contributed by atoms with Crippen molar-refractivity contribution in [2.24, 2.45) is 0 Å². The first-order valence-corrected chi connectivity index (χ1v) is 7.78. The Kier molecular flexibility index (Phi) is 5.14. The first-order valence-electron chi connectivity index (χ1n) is 6.25. The highest BCUT2D eigenvalue weighted by atomic mass is 35.5. The van der Waals surface area contributed by atoms with Crippen molar-refractivity contribution in [1.29, 1.82) is 0 Å². The molecule has 5 nitrogen and oxygen atoms in total. The molecule has 0 aromatic heterocycles. The Balaban J connectivity index is 2.15. The van der Waals surface area contributed by atoms with E-state index < -0.39 is 5.97 Å². The molecule has 1 saturated heterocycles. The van der Waals surface area contributed by atoms with Crippen molar-refractivity contribution in [1.82, 2.24) is 4.90 Å². The highest BCUT2D eigenvalue weighted by Gasteiger charge is 2.20. The number of anilines is 1. The largest absolute Gasteiger partial charge is 0.478 e. The predicted octanol–water partition coefficient (Wildman–Crippen LogP) is 3.01. The minimum Gasteiger partial charge on any atom is -0.478 e. The van der Waals surface area contributed by atoms with Gasteiger partial charge in [0.15, 0.2) is 0 Å². The van der Waals surface area contributed by atoms with Crippen molar-refractivity contribution in [3.63, 3.8) is 0 Å². The molecule has 0 spiro atoms. The third kappa shape index (κ3) is 3.58. The fraction of sp³-hybridized carbons (Fsp3) is 0.385. The van der Waals surface area contributed by atoms with E-state index in [0.717, 1.165) is 17.9 Å². The number of thioether (sulfide) groups is 1. The molecule has 1 aromatic carbocycles. The average molecular weight is 315 g/mol. The Morgan fingerprint density at radius 1 is 1.30 bits per heavy atom. The van der Waals surface area contributed by atoms with Gasteiger partial charge in [0.05, 0.1) is 10.7 Å². The number of benzene rings is 1. The summed E-state index contributed by atoms with van der Waals surface area (Å²) in [5, 5.41) is 11.9. The second-order valence-corrected chi connectivity index (χ2v) is 5.98. The van der Waals surface area contributed by atoms with Crippen molar-refractivity contribution in [2.75, 3.05) is 29.9 Å². The van der Waals surface area contributed by atoms with Crippen molar-refractivity contribution in [2.45, 2.75) is 6.42 Å². The van der Waals surface area contributed by atoms with Crippen molar-refractivity contribution >= 4 is 41.1 Å². The van der Waals surface area contributed by atoms with E-state index in [1.54, 1.807) is 17.0 Å². The molecule has 108 valence electrons. The van der Waals surface area contributed by atoms with Crippen LogP contribution in [0.5, 0.6) is 0 Å². The Morgan fingerprint density at radius 2 is 2.10 bits per heavy atom. The Bertz CT molecular complexity index is 516. The molecule has 20 heavy (non-hydrogen) atoms. The van der Waals surface area contributed by atoms with E-state index in [0.29, 0.717) is 13.1 Å². The van der Waals surface area contributed by atoms with Gasteiger partial charge < -0.3 is 15.3 Å². The molecule has 2 N–H and O–H groups in total. The number of carbonyl (C=O) groups is 2. The van der Waals surface area contributed by atoms with Gasteiger partial charge in [0, 0.05) is 18.8 Å². The van der Waals surface area contributed by atoms with Gasteiger partial charge in [-0.05, 0) is 24.3 Å². The molecular weight excluding hydrogens is 300 g/mol. The summed E-state index contributed by atoms with van der Waals surface area (Å²) in [6.07, 6.45) is 0.944. The van der Waals surface area contributed by atoms with Gasteiger partial charge in [-0.3, -0.25) is 0 Å². The van der Waals surface area contributed by atoms with E-state index in [1.165, 1.54) is 6.07 Å². The molecule has 0 radical (unpaired) electrons. The summed E-state index contributed by atoms with van der Waals surface area (Å²) < 4.78 is 0. The molecule has 0 bridgehead atoms. The molecule has 7 heteroatoms. The van der Waals surface area contributed by atoms with Gasteiger partial charge in [-0.25, -0.2) is 9.59 Å². The van der Waals surface area contributed by atoms with Crippen LogP contribution in [0.4, 0.5) is 10.5 Å². The number of amides is 2. The molecule has 0 aliphatic carbocycles. The molecule has 0 saturated carbocycles. The maximum absolute atomic E-state index is 12.2. The zero-order chi connectivity index (χ0) is 14.5. The summed E-state index contributed by atoms with van der Waals surface area (Å²) in [6, 6.07) is 4.36. The molecule has 2 amide bonds. The number of hydrogen-bond acceptors (Lipinski definition) is 3. The van der Waals surface area contributed by atoms with Crippen LogP contribution < -0.4 is 5.32 Å². The smallest absolute Gasteiger partial charge is 0.339 e. The maximum atomic E-state index is 12.2. The predicted molar refractivity (Wildman–Crippen MR) is 80.9 cm³/mol.